The van der Waals surface area contributed by atoms with Gasteiger partial charge in [0.2, 0.25) is 5.76 Å². The second-order valence-corrected chi connectivity index (χ2v) is 6.90. The number of anilines is 2. The Kier molecular flexibility index (Phi) is 6.21. The number of furan rings is 1. The van der Waals surface area contributed by atoms with E-state index in [4.69, 9.17) is 13.9 Å². The molecule has 7 nitrogen and oxygen atoms in total. The van der Waals surface area contributed by atoms with Gasteiger partial charge in [0, 0.05) is 23.2 Å². The van der Waals surface area contributed by atoms with Gasteiger partial charge < -0.3 is 24.5 Å². The van der Waals surface area contributed by atoms with Crippen molar-refractivity contribution in [3.63, 3.8) is 0 Å². The molecule has 1 heterocycles. The van der Waals surface area contributed by atoms with Crippen molar-refractivity contribution in [2.75, 3.05) is 24.4 Å². The van der Waals surface area contributed by atoms with Crippen molar-refractivity contribution in [3.8, 4) is 11.5 Å². The van der Waals surface area contributed by atoms with Gasteiger partial charge in [-0.05, 0) is 36.4 Å². The summed E-state index contributed by atoms with van der Waals surface area (Å²) in [7, 11) is 1.52. The third kappa shape index (κ3) is 4.93. The first-order chi connectivity index (χ1) is 15.9. The molecule has 1 aromatic heterocycles. The molecular weight excluding hydrogens is 434 g/mol. The van der Waals surface area contributed by atoms with Gasteiger partial charge in [-0.2, -0.15) is 0 Å². The molecule has 0 saturated carbocycles. The van der Waals surface area contributed by atoms with E-state index in [9.17, 15) is 18.4 Å². The molecule has 4 rings (SSSR count). The minimum Gasteiger partial charge on any atom is -0.497 e. The van der Waals surface area contributed by atoms with Crippen LogP contribution < -0.4 is 20.1 Å². The molecule has 168 valence electrons. The highest BCUT2D eigenvalue weighted by atomic mass is 19.2. The summed E-state index contributed by atoms with van der Waals surface area (Å²) < 4.78 is 42.9. The maximum absolute atomic E-state index is 13.5. The summed E-state index contributed by atoms with van der Waals surface area (Å²) in [5.41, 5.74) is 0.514. The Morgan fingerprint density at radius 1 is 0.909 bits per heavy atom. The molecule has 0 saturated heterocycles. The van der Waals surface area contributed by atoms with Crippen molar-refractivity contribution in [1.82, 2.24) is 0 Å². The molecule has 0 unspecified atom stereocenters. The van der Waals surface area contributed by atoms with Crippen LogP contribution in [0.2, 0.25) is 0 Å². The van der Waals surface area contributed by atoms with Gasteiger partial charge in [-0.25, -0.2) is 8.78 Å². The van der Waals surface area contributed by atoms with Crippen molar-refractivity contribution in [3.05, 3.63) is 84.1 Å². The average molecular weight is 452 g/mol. The van der Waals surface area contributed by atoms with E-state index in [1.54, 1.807) is 48.5 Å². The summed E-state index contributed by atoms with van der Waals surface area (Å²) in [6.07, 6.45) is 0. The van der Waals surface area contributed by atoms with Crippen molar-refractivity contribution in [2.45, 2.75) is 0 Å². The van der Waals surface area contributed by atoms with Gasteiger partial charge in [-0.15, -0.1) is 0 Å². The highest BCUT2D eigenvalue weighted by molar-refractivity contribution is 6.14. The second-order valence-electron chi connectivity index (χ2n) is 6.90. The van der Waals surface area contributed by atoms with Crippen molar-refractivity contribution in [1.29, 1.82) is 0 Å². The molecule has 0 radical (unpaired) electrons. The predicted octanol–water partition coefficient (Wildman–Crippen LogP) is 4.99. The van der Waals surface area contributed by atoms with E-state index in [0.717, 1.165) is 12.1 Å². The van der Waals surface area contributed by atoms with E-state index < -0.39 is 23.4 Å². The topological polar surface area (TPSA) is 89.8 Å². The lowest BCUT2D eigenvalue weighted by Gasteiger charge is -2.09. The average Bonchev–Trinajstić information content (AvgIpc) is 3.19. The smallest absolute Gasteiger partial charge is 0.293 e. The minimum absolute atomic E-state index is 0.0259. The van der Waals surface area contributed by atoms with Crippen LogP contribution >= 0.6 is 0 Å². The van der Waals surface area contributed by atoms with E-state index in [1.807, 2.05) is 0 Å². The number of methoxy groups -OCH3 is 1. The first-order valence-corrected chi connectivity index (χ1v) is 9.79. The molecule has 4 aromatic rings. The van der Waals surface area contributed by atoms with Crippen LogP contribution in [-0.2, 0) is 4.79 Å². The predicted molar refractivity (Wildman–Crippen MR) is 118 cm³/mol. The number of nitrogens with one attached hydrogen (secondary N) is 2. The number of carbonyl (C=O) groups is 2. The molecule has 0 atom stereocenters. The Balaban J connectivity index is 1.54. The fraction of sp³-hybridized carbons (Fsp3) is 0.0833. The summed E-state index contributed by atoms with van der Waals surface area (Å²) in [6, 6.07) is 16.4. The van der Waals surface area contributed by atoms with Crippen LogP contribution in [0.3, 0.4) is 0 Å². The molecule has 2 N–H and O–H groups in total. The second kappa shape index (κ2) is 9.39. The molecule has 0 aliphatic rings. The lowest BCUT2D eigenvalue weighted by molar-refractivity contribution is -0.118. The Hall–Kier alpha value is -4.40. The van der Waals surface area contributed by atoms with E-state index >= 15 is 0 Å². The third-order valence-corrected chi connectivity index (χ3v) is 4.65. The van der Waals surface area contributed by atoms with Crippen LogP contribution in [-0.4, -0.2) is 25.5 Å². The molecule has 0 spiro atoms. The highest BCUT2D eigenvalue weighted by Crippen LogP contribution is 2.31. The largest absolute Gasteiger partial charge is 0.497 e. The number of halogens is 2. The lowest BCUT2D eigenvalue weighted by Crippen LogP contribution is -2.22. The van der Waals surface area contributed by atoms with Gasteiger partial charge in [0.25, 0.3) is 11.8 Å². The number of ether oxygens (including phenoxy) is 2. The van der Waals surface area contributed by atoms with Crippen LogP contribution in [0.5, 0.6) is 11.5 Å². The Morgan fingerprint density at radius 3 is 2.48 bits per heavy atom. The van der Waals surface area contributed by atoms with Crippen LogP contribution in [0, 0.1) is 11.6 Å². The molecule has 0 aliphatic carbocycles. The molecule has 2 amide bonds. The van der Waals surface area contributed by atoms with E-state index in [2.05, 4.69) is 10.6 Å². The van der Waals surface area contributed by atoms with Gasteiger partial charge in [-0.1, -0.05) is 18.2 Å². The third-order valence-electron chi connectivity index (χ3n) is 4.65. The van der Waals surface area contributed by atoms with Gasteiger partial charge in [0.05, 0.1) is 7.11 Å². The molecule has 9 heteroatoms. The summed E-state index contributed by atoms with van der Waals surface area (Å²) in [6.45, 7) is -0.336. The van der Waals surface area contributed by atoms with Gasteiger partial charge in [0.15, 0.2) is 18.2 Å². The SMILES string of the molecule is COc1cccc(OCC(=O)Nc2c(C(=O)Nc3ccc(F)c(F)c3)oc3ccccc23)c1. The molecule has 0 fully saturated rings. The summed E-state index contributed by atoms with van der Waals surface area (Å²) in [5.74, 6) is -2.63. The van der Waals surface area contributed by atoms with Crippen molar-refractivity contribution >= 4 is 34.2 Å². The highest BCUT2D eigenvalue weighted by Gasteiger charge is 2.23. The number of para-hydroxylation sites is 1. The number of rotatable bonds is 7. The summed E-state index contributed by atoms with van der Waals surface area (Å²) in [5, 5.41) is 5.56. The maximum Gasteiger partial charge on any atom is 0.293 e. The van der Waals surface area contributed by atoms with Crippen LogP contribution in [0.25, 0.3) is 11.0 Å². The number of fused-ring (bicyclic) bond motifs is 1. The number of benzene rings is 3. The van der Waals surface area contributed by atoms with E-state index in [0.29, 0.717) is 22.5 Å². The molecule has 0 aliphatic heterocycles. The first kappa shape index (κ1) is 21.8. The minimum atomic E-state index is -1.11. The molecular formula is C24H18F2N2O5. The summed E-state index contributed by atoms with van der Waals surface area (Å²) in [4.78, 5) is 25.4. The molecule has 3 aromatic carbocycles. The standard InChI is InChI=1S/C24H18F2N2O5/c1-31-15-5-4-6-16(12-15)32-13-21(29)28-22-17-7-2-3-8-20(17)33-23(22)24(30)27-14-9-10-18(25)19(26)11-14/h2-12H,13H2,1H3,(H,27,30)(H,28,29). The Labute approximate surface area is 186 Å². The van der Waals surface area contributed by atoms with E-state index in [-0.39, 0.29) is 23.7 Å². The lowest BCUT2D eigenvalue weighted by atomic mass is 10.2. The fourth-order valence-electron chi connectivity index (χ4n) is 3.11. The first-order valence-electron chi connectivity index (χ1n) is 9.79. The zero-order valence-corrected chi connectivity index (χ0v) is 17.4. The van der Waals surface area contributed by atoms with Crippen LogP contribution in [0.4, 0.5) is 20.2 Å². The zero-order valence-electron chi connectivity index (χ0n) is 17.4. The normalized spacial score (nSPS) is 10.6. The molecule has 33 heavy (non-hydrogen) atoms. The fourth-order valence-corrected chi connectivity index (χ4v) is 3.11. The van der Waals surface area contributed by atoms with Crippen LogP contribution in [0.1, 0.15) is 10.6 Å². The number of carbonyl (C=O) groups excluding carboxylic acids is 2. The van der Waals surface area contributed by atoms with Crippen molar-refractivity contribution in [2.24, 2.45) is 0 Å². The number of hydrogen-bond donors (Lipinski definition) is 2. The Morgan fingerprint density at radius 2 is 1.70 bits per heavy atom. The van der Waals surface area contributed by atoms with Crippen molar-refractivity contribution < 1.29 is 32.3 Å². The number of amides is 2. The van der Waals surface area contributed by atoms with Gasteiger partial charge in [0.1, 0.15) is 22.8 Å². The monoisotopic (exact) mass is 452 g/mol. The molecule has 0 bridgehead atoms. The van der Waals surface area contributed by atoms with Crippen LogP contribution in [0.15, 0.2) is 71.1 Å². The maximum atomic E-state index is 13.5. The quantitative estimate of drug-likeness (QED) is 0.412. The van der Waals surface area contributed by atoms with Gasteiger partial charge in [-0.3, -0.25) is 9.59 Å². The zero-order chi connectivity index (χ0) is 23.4. The number of hydrogen-bond acceptors (Lipinski definition) is 5. The Bertz CT molecular complexity index is 1340. The summed E-state index contributed by atoms with van der Waals surface area (Å²) >= 11 is 0. The van der Waals surface area contributed by atoms with E-state index in [1.165, 1.54) is 13.2 Å². The van der Waals surface area contributed by atoms with Gasteiger partial charge >= 0.3 is 0 Å².